The van der Waals surface area contributed by atoms with Crippen molar-refractivity contribution in [3.63, 3.8) is 0 Å². The van der Waals surface area contributed by atoms with Gasteiger partial charge in [-0.15, -0.1) is 0 Å². The molecule has 0 amide bonds. The van der Waals surface area contributed by atoms with E-state index >= 15 is 0 Å². The third kappa shape index (κ3) is 1.87. The molecule has 3 nitrogen and oxygen atoms in total. The summed E-state index contributed by atoms with van der Waals surface area (Å²) in [5.41, 5.74) is 0.578. The van der Waals surface area contributed by atoms with Crippen molar-refractivity contribution in [2.45, 2.75) is 25.4 Å². The number of carbonyl (C=O) groups excluding carboxylic acids is 1. The highest BCUT2D eigenvalue weighted by molar-refractivity contribution is 5.89. The van der Waals surface area contributed by atoms with E-state index in [0.29, 0.717) is 12.0 Å². The second kappa shape index (κ2) is 3.70. The number of hydrogen-bond acceptors (Lipinski definition) is 3. The second-order valence-electron chi connectivity index (χ2n) is 3.45. The lowest BCUT2D eigenvalue weighted by atomic mass is 10.1. The van der Waals surface area contributed by atoms with Crippen molar-refractivity contribution in [3.8, 4) is 0 Å². The van der Waals surface area contributed by atoms with Crippen LogP contribution in [0, 0.1) is 0 Å². The average molecular weight is 192 g/mol. The molecule has 0 bridgehead atoms. The first-order valence-electron chi connectivity index (χ1n) is 4.67. The zero-order valence-corrected chi connectivity index (χ0v) is 7.86. The zero-order valence-electron chi connectivity index (χ0n) is 7.86. The number of esters is 1. The van der Waals surface area contributed by atoms with E-state index in [2.05, 4.69) is 6.58 Å². The van der Waals surface area contributed by atoms with Gasteiger partial charge in [-0.25, -0.2) is 4.79 Å². The van der Waals surface area contributed by atoms with Crippen molar-refractivity contribution < 1.29 is 13.9 Å². The molecule has 1 atom stereocenters. The molecule has 2 rings (SSSR count). The summed E-state index contributed by atoms with van der Waals surface area (Å²) < 4.78 is 10.3. The highest BCUT2D eigenvalue weighted by atomic mass is 16.5. The first-order chi connectivity index (χ1) is 6.75. The Morgan fingerprint density at radius 3 is 3.00 bits per heavy atom. The normalized spacial score (nSPS) is 21.3. The van der Waals surface area contributed by atoms with E-state index in [-0.39, 0.29) is 12.1 Å². The topological polar surface area (TPSA) is 39.4 Å². The minimum Gasteiger partial charge on any atom is -0.469 e. The van der Waals surface area contributed by atoms with Crippen LogP contribution in [0.2, 0.25) is 0 Å². The van der Waals surface area contributed by atoms with Crippen molar-refractivity contribution in [2.75, 3.05) is 0 Å². The Morgan fingerprint density at radius 2 is 2.43 bits per heavy atom. The van der Waals surface area contributed by atoms with Crippen LogP contribution in [-0.4, -0.2) is 12.1 Å². The number of hydrogen-bond donors (Lipinski definition) is 0. The summed E-state index contributed by atoms with van der Waals surface area (Å²) in [6, 6.07) is 3.78. The molecular formula is C11H12O3. The monoisotopic (exact) mass is 192 g/mol. The minimum atomic E-state index is -0.255. The van der Waals surface area contributed by atoms with Gasteiger partial charge in [0, 0.05) is 18.4 Å². The molecule has 0 N–H and O–H groups in total. The van der Waals surface area contributed by atoms with Gasteiger partial charge in [0.25, 0.3) is 0 Å². The predicted molar refractivity (Wildman–Crippen MR) is 50.7 cm³/mol. The Kier molecular flexibility index (Phi) is 2.39. The van der Waals surface area contributed by atoms with E-state index < -0.39 is 0 Å². The summed E-state index contributed by atoms with van der Waals surface area (Å²) in [5, 5.41) is 0. The summed E-state index contributed by atoms with van der Waals surface area (Å²) in [6.45, 7) is 3.63. The van der Waals surface area contributed by atoms with Crippen LogP contribution >= 0.6 is 0 Å². The number of rotatable bonds is 3. The molecule has 1 saturated heterocycles. The van der Waals surface area contributed by atoms with E-state index in [4.69, 9.17) is 9.15 Å². The fourth-order valence-electron chi connectivity index (χ4n) is 1.55. The fourth-order valence-corrected chi connectivity index (χ4v) is 1.55. The minimum absolute atomic E-state index is 0.0138. The lowest BCUT2D eigenvalue weighted by molar-refractivity contribution is -0.139. The lowest BCUT2D eigenvalue weighted by Gasteiger charge is -2.05. The van der Waals surface area contributed by atoms with E-state index in [1.807, 2.05) is 12.1 Å². The molecule has 1 aliphatic rings. The Bertz CT molecular complexity index is 321. The summed E-state index contributed by atoms with van der Waals surface area (Å²) in [4.78, 5) is 11.0. The van der Waals surface area contributed by atoms with Crippen LogP contribution < -0.4 is 0 Å². The number of furan rings is 1. The van der Waals surface area contributed by atoms with Crippen LogP contribution in [0.5, 0.6) is 0 Å². The van der Waals surface area contributed by atoms with Crippen LogP contribution in [0.1, 0.15) is 18.6 Å². The van der Waals surface area contributed by atoms with Gasteiger partial charge in [0.15, 0.2) is 0 Å². The van der Waals surface area contributed by atoms with Gasteiger partial charge in [0.05, 0.1) is 6.26 Å². The maximum absolute atomic E-state index is 11.0. The van der Waals surface area contributed by atoms with Gasteiger partial charge < -0.3 is 9.15 Å². The molecule has 1 unspecified atom stereocenters. The van der Waals surface area contributed by atoms with Gasteiger partial charge in [0.1, 0.15) is 11.9 Å². The Labute approximate surface area is 82.4 Å². The zero-order chi connectivity index (χ0) is 9.97. The SMILES string of the molecule is C=C1CC(CCc2ccco2)OC1=O. The molecule has 0 saturated carbocycles. The highest BCUT2D eigenvalue weighted by Crippen LogP contribution is 2.22. The molecule has 1 aromatic rings. The molecule has 3 heteroatoms. The van der Waals surface area contributed by atoms with E-state index in [9.17, 15) is 4.79 Å². The molecule has 1 aromatic heterocycles. The van der Waals surface area contributed by atoms with Gasteiger partial charge in [-0.1, -0.05) is 6.58 Å². The molecule has 14 heavy (non-hydrogen) atoms. The number of cyclic esters (lactones) is 1. The van der Waals surface area contributed by atoms with Gasteiger partial charge in [-0.2, -0.15) is 0 Å². The van der Waals surface area contributed by atoms with E-state index in [1.165, 1.54) is 0 Å². The van der Waals surface area contributed by atoms with Crippen LogP contribution in [0.15, 0.2) is 35.0 Å². The number of aryl methyl sites for hydroxylation is 1. The third-order valence-electron chi connectivity index (χ3n) is 2.33. The third-order valence-corrected chi connectivity index (χ3v) is 2.33. The maximum Gasteiger partial charge on any atom is 0.333 e. The van der Waals surface area contributed by atoms with E-state index in [1.54, 1.807) is 6.26 Å². The molecule has 0 aliphatic carbocycles. The molecule has 0 radical (unpaired) electrons. The molecule has 74 valence electrons. The number of ether oxygens (including phenoxy) is 1. The van der Waals surface area contributed by atoms with Gasteiger partial charge >= 0.3 is 5.97 Å². The summed E-state index contributed by atoms with van der Waals surface area (Å²) in [6.07, 6.45) is 3.89. The van der Waals surface area contributed by atoms with Gasteiger partial charge in [-0.3, -0.25) is 0 Å². The first kappa shape index (κ1) is 9.06. The second-order valence-corrected chi connectivity index (χ2v) is 3.45. The van der Waals surface area contributed by atoms with Crippen molar-refractivity contribution >= 4 is 5.97 Å². The van der Waals surface area contributed by atoms with Crippen LogP contribution in [-0.2, 0) is 16.0 Å². The van der Waals surface area contributed by atoms with Crippen LogP contribution in [0.4, 0.5) is 0 Å². The van der Waals surface area contributed by atoms with Gasteiger partial charge in [0.2, 0.25) is 0 Å². The van der Waals surface area contributed by atoms with Crippen molar-refractivity contribution in [1.29, 1.82) is 0 Å². The average Bonchev–Trinajstić information content (AvgIpc) is 2.74. The maximum atomic E-state index is 11.0. The quantitative estimate of drug-likeness (QED) is 0.543. The molecule has 1 aliphatic heterocycles. The van der Waals surface area contributed by atoms with Crippen molar-refractivity contribution in [1.82, 2.24) is 0 Å². The summed E-state index contributed by atoms with van der Waals surface area (Å²) in [7, 11) is 0. The lowest BCUT2D eigenvalue weighted by Crippen LogP contribution is -2.07. The molecule has 0 aromatic carbocycles. The highest BCUT2D eigenvalue weighted by Gasteiger charge is 2.26. The number of carbonyl (C=O) groups is 1. The predicted octanol–water partition coefficient (Wildman–Crippen LogP) is 2.08. The Hall–Kier alpha value is -1.51. The molecular weight excluding hydrogens is 180 g/mol. The summed E-state index contributed by atoms with van der Waals surface area (Å²) in [5.74, 6) is 0.674. The van der Waals surface area contributed by atoms with Crippen LogP contribution in [0.3, 0.4) is 0 Å². The van der Waals surface area contributed by atoms with Crippen LogP contribution in [0.25, 0.3) is 0 Å². The fraction of sp³-hybridized carbons (Fsp3) is 0.364. The Balaban J connectivity index is 1.83. The largest absolute Gasteiger partial charge is 0.469 e. The molecule has 1 fully saturated rings. The van der Waals surface area contributed by atoms with Crippen molar-refractivity contribution in [3.05, 3.63) is 36.3 Å². The standard InChI is InChI=1S/C11H12O3/c1-8-7-10(14-11(8)12)5-4-9-3-2-6-13-9/h2-3,6,10H,1,4-5,7H2. The van der Waals surface area contributed by atoms with E-state index in [0.717, 1.165) is 18.6 Å². The molecule has 0 spiro atoms. The van der Waals surface area contributed by atoms with Gasteiger partial charge in [-0.05, 0) is 18.6 Å². The molecule has 2 heterocycles. The Morgan fingerprint density at radius 1 is 1.57 bits per heavy atom. The first-order valence-corrected chi connectivity index (χ1v) is 4.67. The summed E-state index contributed by atoms with van der Waals surface area (Å²) >= 11 is 0. The van der Waals surface area contributed by atoms with Crippen molar-refractivity contribution in [2.24, 2.45) is 0 Å². The smallest absolute Gasteiger partial charge is 0.333 e.